The zero-order valence-electron chi connectivity index (χ0n) is 15.6. The van der Waals surface area contributed by atoms with Crippen molar-refractivity contribution in [2.75, 3.05) is 20.3 Å². The van der Waals surface area contributed by atoms with Crippen LogP contribution >= 0.6 is 0 Å². The average Bonchev–Trinajstić information content (AvgIpc) is 3.07. The number of carbonyl (C=O) groups is 1. The van der Waals surface area contributed by atoms with Gasteiger partial charge in [-0.1, -0.05) is 6.07 Å². The van der Waals surface area contributed by atoms with E-state index >= 15 is 0 Å². The summed E-state index contributed by atoms with van der Waals surface area (Å²) in [7, 11) is 1.28. The Bertz CT molecular complexity index is 835. The number of nitrogens with one attached hydrogen (secondary N) is 1. The van der Waals surface area contributed by atoms with E-state index in [1.807, 2.05) is 0 Å². The fraction of sp³-hybridized carbons (Fsp3) is 0.474. The van der Waals surface area contributed by atoms with Gasteiger partial charge in [0.15, 0.2) is 11.6 Å². The van der Waals surface area contributed by atoms with E-state index < -0.39 is 24.2 Å². The van der Waals surface area contributed by atoms with Crippen LogP contribution in [0.25, 0.3) is 0 Å². The van der Waals surface area contributed by atoms with Crippen molar-refractivity contribution < 1.29 is 27.4 Å². The van der Waals surface area contributed by atoms with Gasteiger partial charge in [0.05, 0.1) is 24.9 Å². The second-order valence-corrected chi connectivity index (χ2v) is 6.61. The Morgan fingerprint density at radius 3 is 2.68 bits per heavy atom. The highest BCUT2D eigenvalue weighted by atomic mass is 19.3. The summed E-state index contributed by atoms with van der Waals surface area (Å²) in [4.78, 5) is 12.6. The highest BCUT2D eigenvalue weighted by Crippen LogP contribution is 2.27. The second kappa shape index (κ2) is 8.64. The first-order valence-corrected chi connectivity index (χ1v) is 8.96. The van der Waals surface area contributed by atoms with Gasteiger partial charge < -0.3 is 14.8 Å². The van der Waals surface area contributed by atoms with Gasteiger partial charge >= 0.3 is 0 Å². The molecule has 152 valence electrons. The molecular formula is C19H22F3N3O3. The first-order valence-electron chi connectivity index (χ1n) is 8.96. The number of hydrogen-bond donors (Lipinski definition) is 1. The predicted octanol–water partition coefficient (Wildman–Crippen LogP) is 3.43. The molecule has 0 aliphatic carbocycles. The summed E-state index contributed by atoms with van der Waals surface area (Å²) >= 11 is 0. The Hall–Kier alpha value is -2.55. The van der Waals surface area contributed by atoms with Gasteiger partial charge in [0.25, 0.3) is 12.3 Å². The molecule has 0 bridgehead atoms. The average molecular weight is 397 g/mol. The van der Waals surface area contributed by atoms with Crippen molar-refractivity contribution in [1.82, 2.24) is 15.1 Å². The molecule has 1 fully saturated rings. The van der Waals surface area contributed by atoms with Gasteiger partial charge in [-0.3, -0.25) is 9.48 Å². The van der Waals surface area contributed by atoms with Gasteiger partial charge in [-0.25, -0.2) is 13.2 Å². The third kappa shape index (κ3) is 4.14. The normalized spacial score (nSPS) is 16.2. The Kier molecular flexibility index (Phi) is 6.23. The highest BCUT2D eigenvalue weighted by Gasteiger charge is 2.28. The smallest absolute Gasteiger partial charge is 0.262 e. The number of carbonyl (C=O) groups excluding carboxylic acids is 1. The number of aromatic nitrogens is 2. The highest BCUT2D eigenvalue weighted by molar-refractivity contribution is 5.95. The van der Waals surface area contributed by atoms with Crippen LogP contribution in [0.3, 0.4) is 0 Å². The van der Waals surface area contributed by atoms with E-state index in [-0.39, 0.29) is 22.9 Å². The van der Waals surface area contributed by atoms with E-state index in [9.17, 15) is 18.0 Å². The third-order valence-corrected chi connectivity index (χ3v) is 4.90. The molecule has 0 saturated carbocycles. The largest absolute Gasteiger partial charge is 0.494 e. The van der Waals surface area contributed by atoms with Gasteiger partial charge in [-0.15, -0.1) is 0 Å². The number of amides is 1. The number of alkyl halides is 2. The molecule has 0 unspecified atom stereocenters. The van der Waals surface area contributed by atoms with Crippen molar-refractivity contribution >= 4 is 5.91 Å². The lowest BCUT2D eigenvalue weighted by Gasteiger charge is -2.24. The van der Waals surface area contributed by atoms with Crippen molar-refractivity contribution in [3.05, 3.63) is 47.0 Å². The molecule has 28 heavy (non-hydrogen) atoms. The van der Waals surface area contributed by atoms with E-state index in [1.54, 1.807) is 11.6 Å². The third-order valence-electron chi connectivity index (χ3n) is 4.90. The lowest BCUT2D eigenvalue weighted by Crippen LogP contribution is -2.33. The maximum atomic E-state index is 13.9. The van der Waals surface area contributed by atoms with Crippen molar-refractivity contribution in [2.24, 2.45) is 0 Å². The molecule has 3 rings (SSSR count). The van der Waals surface area contributed by atoms with Gasteiger partial charge in [0.2, 0.25) is 0 Å². The number of halogens is 3. The zero-order valence-corrected chi connectivity index (χ0v) is 15.6. The number of ether oxygens (including phenoxy) is 2. The summed E-state index contributed by atoms with van der Waals surface area (Å²) < 4.78 is 52.9. The first-order chi connectivity index (χ1) is 13.4. The molecule has 1 N–H and O–H groups in total. The van der Waals surface area contributed by atoms with Crippen LogP contribution < -0.4 is 10.1 Å². The summed E-state index contributed by atoms with van der Waals surface area (Å²) in [6.45, 7) is 2.95. The Balaban J connectivity index is 1.79. The van der Waals surface area contributed by atoms with Crippen molar-refractivity contribution in [3.63, 3.8) is 0 Å². The molecule has 1 amide bonds. The van der Waals surface area contributed by atoms with Gasteiger partial charge in [-0.05, 0) is 37.5 Å². The molecule has 0 radical (unpaired) electrons. The minimum Gasteiger partial charge on any atom is -0.494 e. The zero-order chi connectivity index (χ0) is 20.3. The maximum absolute atomic E-state index is 13.9. The van der Waals surface area contributed by atoms with Gasteiger partial charge in [-0.2, -0.15) is 5.10 Å². The Morgan fingerprint density at radius 1 is 1.36 bits per heavy atom. The summed E-state index contributed by atoms with van der Waals surface area (Å²) in [5.74, 6) is -1.52. The molecule has 1 aromatic carbocycles. The standard InChI is InChI=1S/C19H22F3N3O3/c1-11-14(10-23-25(11)13-5-7-28-8-6-13)19(26)24-17(18(21)22)12-3-4-16(27-2)15(20)9-12/h3-4,9-10,13,17-18H,5-8H2,1-2H3,(H,24,26)/t17-/m1/s1. The summed E-state index contributed by atoms with van der Waals surface area (Å²) in [5.41, 5.74) is 0.764. The van der Waals surface area contributed by atoms with Gasteiger partial charge in [0.1, 0.15) is 6.04 Å². The van der Waals surface area contributed by atoms with Crippen LogP contribution in [0.4, 0.5) is 13.2 Å². The fourth-order valence-electron chi connectivity index (χ4n) is 3.33. The fourth-order valence-corrected chi connectivity index (χ4v) is 3.33. The van der Waals surface area contributed by atoms with Gasteiger partial charge in [0, 0.05) is 18.9 Å². The lowest BCUT2D eigenvalue weighted by molar-refractivity contribution is 0.0655. The Labute approximate surface area is 160 Å². The molecular weight excluding hydrogens is 375 g/mol. The van der Waals surface area contributed by atoms with Crippen molar-refractivity contribution in [1.29, 1.82) is 0 Å². The molecule has 1 aliphatic rings. The lowest BCUT2D eigenvalue weighted by atomic mass is 10.1. The quantitative estimate of drug-likeness (QED) is 0.811. The Morgan fingerprint density at radius 2 is 2.07 bits per heavy atom. The minimum atomic E-state index is -2.91. The topological polar surface area (TPSA) is 65.4 Å². The molecule has 9 heteroatoms. The summed E-state index contributed by atoms with van der Waals surface area (Å²) in [6, 6.07) is 1.95. The number of benzene rings is 1. The minimum absolute atomic E-state index is 0.0453. The van der Waals surface area contributed by atoms with E-state index in [1.165, 1.54) is 25.4 Å². The van der Waals surface area contributed by atoms with E-state index in [4.69, 9.17) is 9.47 Å². The monoisotopic (exact) mass is 397 g/mol. The molecule has 2 aromatic rings. The van der Waals surface area contributed by atoms with Crippen LogP contribution in [0.5, 0.6) is 5.75 Å². The SMILES string of the molecule is COc1ccc([C@@H](NC(=O)c2cnn(C3CCOCC3)c2C)C(F)F)cc1F. The molecule has 6 nitrogen and oxygen atoms in total. The molecule has 1 saturated heterocycles. The van der Waals surface area contributed by atoms with E-state index in [0.29, 0.717) is 18.9 Å². The van der Waals surface area contributed by atoms with Crippen LogP contribution in [-0.2, 0) is 4.74 Å². The molecule has 0 spiro atoms. The second-order valence-electron chi connectivity index (χ2n) is 6.61. The van der Waals surface area contributed by atoms with Crippen LogP contribution in [0.2, 0.25) is 0 Å². The number of rotatable bonds is 6. The predicted molar refractivity (Wildman–Crippen MR) is 95.2 cm³/mol. The van der Waals surface area contributed by atoms with Crippen molar-refractivity contribution in [2.45, 2.75) is 38.3 Å². The van der Waals surface area contributed by atoms with E-state index in [2.05, 4.69) is 10.4 Å². The summed E-state index contributed by atoms with van der Waals surface area (Å²) in [6.07, 6.45) is 0.00239. The number of nitrogens with zero attached hydrogens (tertiary/aromatic N) is 2. The molecule has 1 atom stereocenters. The van der Waals surface area contributed by atoms with Crippen molar-refractivity contribution in [3.8, 4) is 5.75 Å². The summed E-state index contributed by atoms with van der Waals surface area (Å²) in [5, 5.41) is 6.55. The first kappa shape index (κ1) is 20.2. The van der Waals surface area contributed by atoms with Crippen LogP contribution in [0.15, 0.2) is 24.4 Å². The maximum Gasteiger partial charge on any atom is 0.262 e. The van der Waals surface area contributed by atoms with Crippen LogP contribution in [0, 0.1) is 12.7 Å². The molecule has 2 heterocycles. The van der Waals surface area contributed by atoms with E-state index in [0.717, 1.165) is 18.9 Å². The molecule has 1 aromatic heterocycles. The van der Waals surface area contributed by atoms with Crippen LogP contribution in [0.1, 0.15) is 46.5 Å². The number of hydrogen-bond acceptors (Lipinski definition) is 4. The van der Waals surface area contributed by atoms with Crippen LogP contribution in [-0.4, -0.2) is 42.4 Å². The number of methoxy groups -OCH3 is 1. The molecule has 1 aliphatic heterocycles.